The number of nitro groups is 1. The molecular formula is C13H10Br2N2O2. The fourth-order valence-corrected chi connectivity index (χ4v) is 2.41. The lowest BCUT2D eigenvalue weighted by atomic mass is 10.2. The van der Waals surface area contributed by atoms with Crippen LogP contribution in [-0.2, 0) is 6.54 Å². The predicted octanol–water partition coefficient (Wildman–Crippen LogP) is 4.73. The van der Waals surface area contributed by atoms with Gasteiger partial charge in [-0.1, -0.05) is 34.1 Å². The maximum Gasteiger partial charge on any atom is 0.271 e. The fourth-order valence-electron chi connectivity index (χ4n) is 1.59. The number of rotatable bonds is 4. The van der Waals surface area contributed by atoms with Gasteiger partial charge >= 0.3 is 0 Å². The average Bonchev–Trinajstić information content (AvgIpc) is 2.39. The Morgan fingerprint density at radius 1 is 1.11 bits per heavy atom. The van der Waals surface area contributed by atoms with E-state index in [1.54, 1.807) is 6.07 Å². The van der Waals surface area contributed by atoms with Crippen LogP contribution in [-0.4, -0.2) is 4.92 Å². The number of nitrogens with one attached hydrogen (secondary N) is 1. The Morgan fingerprint density at radius 3 is 2.53 bits per heavy atom. The van der Waals surface area contributed by atoms with Crippen molar-refractivity contribution in [2.24, 2.45) is 0 Å². The highest BCUT2D eigenvalue weighted by Crippen LogP contribution is 2.28. The molecule has 0 bridgehead atoms. The summed E-state index contributed by atoms with van der Waals surface area (Å²) in [5, 5.41) is 13.9. The molecule has 0 aliphatic rings. The first-order valence-corrected chi connectivity index (χ1v) is 7.08. The SMILES string of the molecule is O=[N+]([O-])c1ccc(Br)c(NCc2ccccc2Br)c1. The van der Waals surface area contributed by atoms with Gasteiger partial charge in [0.15, 0.2) is 0 Å². The highest BCUT2D eigenvalue weighted by molar-refractivity contribution is 9.10. The Labute approximate surface area is 127 Å². The van der Waals surface area contributed by atoms with Crippen molar-refractivity contribution in [3.63, 3.8) is 0 Å². The Bertz CT molecular complexity index is 617. The lowest BCUT2D eigenvalue weighted by molar-refractivity contribution is -0.384. The Kier molecular flexibility index (Phi) is 4.55. The summed E-state index contributed by atoms with van der Waals surface area (Å²) in [6, 6.07) is 12.5. The maximum atomic E-state index is 10.7. The number of nitrogens with zero attached hydrogens (tertiary/aromatic N) is 1. The van der Waals surface area contributed by atoms with Gasteiger partial charge in [-0.15, -0.1) is 0 Å². The zero-order valence-corrected chi connectivity index (χ0v) is 12.9. The molecule has 98 valence electrons. The van der Waals surface area contributed by atoms with E-state index < -0.39 is 4.92 Å². The minimum Gasteiger partial charge on any atom is -0.380 e. The van der Waals surface area contributed by atoms with Crippen LogP contribution in [0.3, 0.4) is 0 Å². The first-order valence-electron chi connectivity index (χ1n) is 5.49. The van der Waals surface area contributed by atoms with Crippen LogP contribution in [0.1, 0.15) is 5.56 Å². The highest BCUT2D eigenvalue weighted by atomic mass is 79.9. The van der Waals surface area contributed by atoms with Crippen LogP contribution in [0.5, 0.6) is 0 Å². The van der Waals surface area contributed by atoms with E-state index >= 15 is 0 Å². The number of hydrogen-bond acceptors (Lipinski definition) is 3. The average molecular weight is 386 g/mol. The van der Waals surface area contributed by atoms with Gasteiger partial charge in [0.1, 0.15) is 0 Å². The molecule has 2 aromatic carbocycles. The molecule has 2 aromatic rings. The molecule has 0 heterocycles. The van der Waals surface area contributed by atoms with Gasteiger partial charge in [-0.05, 0) is 33.6 Å². The maximum absolute atomic E-state index is 10.7. The summed E-state index contributed by atoms with van der Waals surface area (Å²) in [5.41, 5.74) is 1.85. The molecule has 0 atom stereocenters. The quantitative estimate of drug-likeness (QED) is 0.611. The lowest BCUT2D eigenvalue weighted by Gasteiger charge is -2.09. The first kappa shape index (κ1) is 14.0. The molecule has 0 spiro atoms. The zero-order valence-electron chi connectivity index (χ0n) is 9.77. The standard InChI is InChI=1S/C13H10Br2N2O2/c14-11-4-2-1-3-9(11)8-16-13-7-10(17(18)19)5-6-12(13)15/h1-7,16H,8H2. The molecule has 0 radical (unpaired) electrons. The van der Waals surface area contributed by atoms with Gasteiger partial charge in [-0.2, -0.15) is 0 Å². The second kappa shape index (κ2) is 6.16. The van der Waals surface area contributed by atoms with Crippen molar-refractivity contribution in [2.75, 3.05) is 5.32 Å². The number of benzene rings is 2. The van der Waals surface area contributed by atoms with Crippen LogP contribution in [0.15, 0.2) is 51.4 Å². The van der Waals surface area contributed by atoms with Gasteiger partial charge in [0.2, 0.25) is 0 Å². The predicted molar refractivity (Wildman–Crippen MR) is 82.3 cm³/mol. The zero-order chi connectivity index (χ0) is 13.8. The molecule has 1 N–H and O–H groups in total. The van der Waals surface area contributed by atoms with Crippen LogP contribution in [0.4, 0.5) is 11.4 Å². The molecule has 0 aliphatic carbocycles. The van der Waals surface area contributed by atoms with E-state index in [0.29, 0.717) is 12.2 Å². The van der Waals surface area contributed by atoms with Gasteiger partial charge < -0.3 is 5.32 Å². The second-order valence-corrected chi connectivity index (χ2v) is 5.57. The van der Waals surface area contributed by atoms with Gasteiger partial charge in [0.05, 0.1) is 10.6 Å². The normalized spacial score (nSPS) is 10.2. The van der Waals surface area contributed by atoms with E-state index in [1.165, 1.54) is 12.1 Å². The van der Waals surface area contributed by atoms with E-state index in [0.717, 1.165) is 14.5 Å². The molecule has 6 heteroatoms. The molecule has 4 nitrogen and oxygen atoms in total. The van der Waals surface area contributed by atoms with Gasteiger partial charge in [0, 0.05) is 27.6 Å². The summed E-state index contributed by atoms with van der Waals surface area (Å²) in [5.74, 6) is 0. The number of halogens is 2. The van der Waals surface area contributed by atoms with E-state index in [-0.39, 0.29) is 5.69 Å². The van der Waals surface area contributed by atoms with Gasteiger partial charge in [-0.25, -0.2) is 0 Å². The second-order valence-electron chi connectivity index (χ2n) is 3.87. The number of non-ortho nitro benzene ring substituents is 1. The highest BCUT2D eigenvalue weighted by Gasteiger charge is 2.09. The van der Waals surface area contributed by atoms with Crippen molar-refractivity contribution < 1.29 is 4.92 Å². The number of nitro benzene ring substituents is 1. The van der Waals surface area contributed by atoms with Crippen molar-refractivity contribution >= 4 is 43.2 Å². The van der Waals surface area contributed by atoms with Crippen molar-refractivity contribution in [3.8, 4) is 0 Å². The Morgan fingerprint density at radius 2 is 1.84 bits per heavy atom. The van der Waals surface area contributed by atoms with Gasteiger partial charge in [-0.3, -0.25) is 10.1 Å². The molecule has 0 aliphatic heterocycles. The summed E-state index contributed by atoms with van der Waals surface area (Å²) in [7, 11) is 0. The minimum atomic E-state index is -0.407. The summed E-state index contributed by atoms with van der Waals surface area (Å²) < 4.78 is 1.80. The molecule has 2 rings (SSSR count). The van der Waals surface area contributed by atoms with Crippen LogP contribution < -0.4 is 5.32 Å². The molecule has 0 unspecified atom stereocenters. The van der Waals surface area contributed by atoms with Crippen molar-refractivity contribution in [3.05, 3.63) is 67.1 Å². The summed E-state index contributed by atoms with van der Waals surface area (Å²) in [4.78, 5) is 10.3. The van der Waals surface area contributed by atoms with E-state index in [2.05, 4.69) is 37.2 Å². The van der Waals surface area contributed by atoms with E-state index in [4.69, 9.17) is 0 Å². The summed E-state index contributed by atoms with van der Waals surface area (Å²) in [6.45, 7) is 0.585. The molecule has 0 fully saturated rings. The van der Waals surface area contributed by atoms with Crippen LogP contribution in [0, 0.1) is 10.1 Å². The van der Waals surface area contributed by atoms with Gasteiger partial charge in [0.25, 0.3) is 5.69 Å². The van der Waals surface area contributed by atoms with E-state index in [1.807, 2.05) is 24.3 Å². The molecule has 0 saturated carbocycles. The third kappa shape index (κ3) is 3.54. The third-order valence-electron chi connectivity index (χ3n) is 2.59. The topological polar surface area (TPSA) is 55.2 Å². The van der Waals surface area contributed by atoms with Crippen LogP contribution >= 0.6 is 31.9 Å². The van der Waals surface area contributed by atoms with Crippen molar-refractivity contribution in [1.29, 1.82) is 0 Å². The molecule has 19 heavy (non-hydrogen) atoms. The first-order chi connectivity index (χ1) is 9.08. The smallest absolute Gasteiger partial charge is 0.271 e. The largest absolute Gasteiger partial charge is 0.380 e. The lowest BCUT2D eigenvalue weighted by Crippen LogP contribution is -2.01. The Hall–Kier alpha value is -1.40. The minimum absolute atomic E-state index is 0.0674. The monoisotopic (exact) mass is 384 g/mol. The molecule has 0 aromatic heterocycles. The fraction of sp³-hybridized carbons (Fsp3) is 0.0769. The van der Waals surface area contributed by atoms with E-state index in [9.17, 15) is 10.1 Å². The van der Waals surface area contributed by atoms with Crippen molar-refractivity contribution in [2.45, 2.75) is 6.54 Å². The molecule has 0 saturated heterocycles. The summed E-state index contributed by atoms with van der Waals surface area (Å²) >= 11 is 6.84. The summed E-state index contributed by atoms with van der Waals surface area (Å²) in [6.07, 6.45) is 0. The Balaban J connectivity index is 2.17. The number of anilines is 1. The third-order valence-corrected chi connectivity index (χ3v) is 4.05. The molecular weight excluding hydrogens is 376 g/mol. The molecule has 0 amide bonds. The van der Waals surface area contributed by atoms with Crippen LogP contribution in [0.2, 0.25) is 0 Å². The van der Waals surface area contributed by atoms with Crippen molar-refractivity contribution in [1.82, 2.24) is 0 Å². The van der Waals surface area contributed by atoms with Crippen LogP contribution in [0.25, 0.3) is 0 Å². The number of hydrogen-bond donors (Lipinski definition) is 1.